The third-order valence-corrected chi connectivity index (χ3v) is 3.36. The highest BCUT2D eigenvalue weighted by molar-refractivity contribution is 5.56. The van der Waals surface area contributed by atoms with Crippen molar-refractivity contribution in [2.24, 2.45) is 5.92 Å². The summed E-state index contributed by atoms with van der Waals surface area (Å²) in [4.78, 5) is 8.81. The molecular weight excluding hydrogens is 228 g/mol. The highest BCUT2D eigenvalue weighted by Crippen LogP contribution is 2.20. The minimum Gasteiger partial charge on any atom is -0.381 e. The van der Waals surface area contributed by atoms with E-state index in [9.17, 15) is 0 Å². The van der Waals surface area contributed by atoms with Crippen LogP contribution in [0.3, 0.4) is 0 Å². The Morgan fingerprint density at radius 1 is 1.28 bits per heavy atom. The molecule has 1 aliphatic rings. The Balaban J connectivity index is 1.93. The fourth-order valence-electron chi connectivity index (χ4n) is 2.25. The first-order valence-electron chi connectivity index (χ1n) is 6.55. The Morgan fingerprint density at radius 3 is 2.72 bits per heavy atom. The van der Waals surface area contributed by atoms with Gasteiger partial charge in [-0.05, 0) is 32.6 Å². The van der Waals surface area contributed by atoms with Gasteiger partial charge >= 0.3 is 0 Å². The lowest BCUT2D eigenvalue weighted by Gasteiger charge is -2.13. The van der Waals surface area contributed by atoms with Crippen LogP contribution in [-0.4, -0.2) is 36.8 Å². The van der Waals surface area contributed by atoms with E-state index >= 15 is 0 Å². The van der Waals surface area contributed by atoms with Gasteiger partial charge in [-0.15, -0.1) is 0 Å². The van der Waals surface area contributed by atoms with E-state index in [1.807, 2.05) is 20.9 Å². The summed E-state index contributed by atoms with van der Waals surface area (Å²) in [6.07, 6.45) is 2.32. The minimum atomic E-state index is 0.699. The SMILES string of the molecule is CNc1nc(C)nc(NCCC2CCOC2)c1C. The average molecular weight is 250 g/mol. The molecule has 1 atom stereocenters. The van der Waals surface area contributed by atoms with E-state index in [0.717, 1.165) is 49.2 Å². The lowest BCUT2D eigenvalue weighted by atomic mass is 10.1. The van der Waals surface area contributed by atoms with Crippen molar-refractivity contribution in [3.05, 3.63) is 11.4 Å². The van der Waals surface area contributed by atoms with Crippen molar-refractivity contribution >= 4 is 11.6 Å². The molecule has 1 aromatic heterocycles. The monoisotopic (exact) mass is 250 g/mol. The topological polar surface area (TPSA) is 59.1 Å². The van der Waals surface area contributed by atoms with Crippen LogP contribution in [0.2, 0.25) is 0 Å². The third-order valence-electron chi connectivity index (χ3n) is 3.36. The van der Waals surface area contributed by atoms with Crippen LogP contribution in [-0.2, 0) is 4.74 Å². The maximum absolute atomic E-state index is 5.38. The molecule has 5 nitrogen and oxygen atoms in total. The van der Waals surface area contributed by atoms with Gasteiger partial charge < -0.3 is 15.4 Å². The summed E-state index contributed by atoms with van der Waals surface area (Å²) in [5.41, 5.74) is 1.07. The van der Waals surface area contributed by atoms with E-state index in [0.29, 0.717) is 5.92 Å². The van der Waals surface area contributed by atoms with Gasteiger partial charge in [-0.25, -0.2) is 9.97 Å². The highest BCUT2D eigenvalue weighted by Gasteiger charge is 2.15. The second-order valence-electron chi connectivity index (χ2n) is 4.79. The van der Waals surface area contributed by atoms with Crippen molar-refractivity contribution in [1.82, 2.24) is 9.97 Å². The highest BCUT2D eigenvalue weighted by atomic mass is 16.5. The molecule has 0 radical (unpaired) electrons. The number of nitrogens with one attached hydrogen (secondary N) is 2. The smallest absolute Gasteiger partial charge is 0.134 e. The Labute approximate surface area is 108 Å². The molecule has 0 amide bonds. The van der Waals surface area contributed by atoms with Gasteiger partial charge in [-0.2, -0.15) is 0 Å². The van der Waals surface area contributed by atoms with E-state index in [-0.39, 0.29) is 0 Å². The first-order valence-corrected chi connectivity index (χ1v) is 6.55. The fourth-order valence-corrected chi connectivity index (χ4v) is 2.25. The van der Waals surface area contributed by atoms with Crippen LogP contribution in [0, 0.1) is 19.8 Å². The van der Waals surface area contributed by atoms with E-state index in [4.69, 9.17) is 4.74 Å². The Morgan fingerprint density at radius 2 is 2.06 bits per heavy atom. The van der Waals surface area contributed by atoms with Gasteiger partial charge in [-0.1, -0.05) is 0 Å². The number of ether oxygens (including phenoxy) is 1. The number of aromatic nitrogens is 2. The van der Waals surface area contributed by atoms with Crippen LogP contribution in [0.25, 0.3) is 0 Å². The summed E-state index contributed by atoms with van der Waals surface area (Å²) < 4.78 is 5.38. The zero-order valence-electron chi connectivity index (χ0n) is 11.4. The molecule has 0 saturated carbocycles. The molecule has 5 heteroatoms. The van der Waals surface area contributed by atoms with Crippen molar-refractivity contribution in [3.63, 3.8) is 0 Å². The average Bonchev–Trinajstić information content (AvgIpc) is 2.86. The molecule has 2 N–H and O–H groups in total. The predicted molar refractivity (Wildman–Crippen MR) is 73.1 cm³/mol. The second kappa shape index (κ2) is 6.00. The van der Waals surface area contributed by atoms with E-state index in [2.05, 4.69) is 20.6 Å². The molecule has 0 spiro atoms. The minimum absolute atomic E-state index is 0.699. The van der Waals surface area contributed by atoms with E-state index in [1.54, 1.807) is 0 Å². The van der Waals surface area contributed by atoms with Gasteiger partial charge in [0.05, 0.1) is 0 Å². The lowest BCUT2D eigenvalue weighted by Crippen LogP contribution is -2.12. The molecule has 1 unspecified atom stereocenters. The van der Waals surface area contributed by atoms with Crippen molar-refractivity contribution < 1.29 is 4.74 Å². The first-order chi connectivity index (χ1) is 8.70. The van der Waals surface area contributed by atoms with Crippen LogP contribution in [0.4, 0.5) is 11.6 Å². The number of hydrogen-bond acceptors (Lipinski definition) is 5. The van der Waals surface area contributed by atoms with Crippen LogP contribution >= 0.6 is 0 Å². The third kappa shape index (κ3) is 3.10. The van der Waals surface area contributed by atoms with Crippen molar-refractivity contribution in [2.45, 2.75) is 26.7 Å². The Hall–Kier alpha value is -1.36. The normalized spacial score (nSPS) is 18.9. The van der Waals surface area contributed by atoms with Crippen molar-refractivity contribution in [2.75, 3.05) is 37.4 Å². The fraction of sp³-hybridized carbons (Fsp3) is 0.692. The summed E-state index contributed by atoms with van der Waals surface area (Å²) in [5.74, 6) is 3.32. The zero-order chi connectivity index (χ0) is 13.0. The van der Waals surface area contributed by atoms with E-state index in [1.165, 1.54) is 6.42 Å². The Kier molecular flexibility index (Phi) is 4.36. The molecule has 0 bridgehead atoms. The zero-order valence-corrected chi connectivity index (χ0v) is 11.4. The van der Waals surface area contributed by atoms with Gasteiger partial charge in [0.1, 0.15) is 17.5 Å². The quantitative estimate of drug-likeness (QED) is 0.836. The van der Waals surface area contributed by atoms with Gasteiger partial charge in [-0.3, -0.25) is 0 Å². The van der Waals surface area contributed by atoms with Gasteiger partial charge in [0, 0.05) is 32.4 Å². The maximum Gasteiger partial charge on any atom is 0.134 e. The molecule has 0 aromatic carbocycles. The number of rotatable bonds is 5. The number of anilines is 2. The molecule has 1 aromatic rings. The molecule has 18 heavy (non-hydrogen) atoms. The molecule has 2 heterocycles. The lowest BCUT2D eigenvalue weighted by molar-refractivity contribution is 0.185. The maximum atomic E-state index is 5.38. The molecular formula is C13H22N4O. The molecule has 1 fully saturated rings. The van der Waals surface area contributed by atoms with E-state index < -0.39 is 0 Å². The number of aryl methyl sites for hydroxylation is 1. The summed E-state index contributed by atoms with van der Waals surface area (Å²) in [6.45, 7) is 6.71. The second-order valence-corrected chi connectivity index (χ2v) is 4.79. The number of nitrogens with zero attached hydrogens (tertiary/aromatic N) is 2. The van der Waals surface area contributed by atoms with Crippen LogP contribution < -0.4 is 10.6 Å². The summed E-state index contributed by atoms with van der Waals surface area (Å²) in [6, 6.07) is 0. The first kappa shape index (κ1) is 13.1. The Bertz CT molecular complexity index is 402. The molecule has 0 aliphatic carbocycles. The van der Waals surface area contributed by atoms with Crippen molar-refractivity contribution in [1.29, 1.82) is 0 Å². The summed E-state index contributed by atoms with van der Waals surface area (Å²) in [5, 5.41) is 6.51. The molecule has 2 rings (SSSR count). The molecule has 1 saturated heterocycles. The van der Waals surface area contributed by atoms with Crippen LogP contribution in [0.1, 0.15) is 24.2 Å². The van der Waals surface area contributed by atoms with Crippen molar-refractivity contribution in [3.8, 4) is 0 Å². The van der Waals surface area contributed by atoms with Gasteiger partial charge in [0.15, 0.2) is 0 Å². The largest absolute Gasteiger partial charge is 0.381 e. The number of hydrogen-bond donors (Lipinski definition) is 2. The molecule has 100 valence electrons. The van der Waals surface area contributed by atoms with Gasteiger partial charge in [0.25, 0.3) is 0 Å². The standard InChI is InChI=1S/C13H22N4O/c1-9-12(14-3)16-10(2)17-13(9)15-6-4-11-5-7-18-8-11/h11H,4-8H2,1-3H3,(H2,14,15,16,17). The predicted octanol–water partition coefficient (Wildman–Crippen LogP) is 1.97. The summed E-state index contributed by atoms with van der Waals surface area (Å²) in [7, 11) is 1.88. The van der Waals surface area contributed by atoms with Gasteiger partial charge in [0.2, 0.25) is 0 Å². The molecule has 1 aliphatic heterocycles. The van der Waals surface area contributed by atoms with Crippen LogP contribution in [0.5, 0.6) is 0 Å². The van der Waals surface area contributed by atoms with Crippen LogP contribution in [0.15, 0.2) is 0 Å². The summed E-state index contributed by atoms with van der Waals surface area (Å²) >= 11 is 0.